The third-order valence-electron chi connectivity index (χ3n) is 4.34. The second kappa shape index (κ2) is 7.05. The van der Waals surface area contributed by atoms with Crippen molar-refractivity contribution >= 4 is 34.1 Å². The number of aromatic amines is 1. The minimum Gasteiger partial charge on any atom is -0.342 e. The molecule has 0 saturated carbocycles. The van der Waals surface area contributed by atoms with Crippen molar-refractivity contribution in [3.63, 3.8) is 0 Å². The van der Waals surface area contributed by atoms with Gasteiger partial charge < -0.3 is 4.98 Å². The van der Waals surface area contributed by atoms with Gasteiger partial charge in [-0.05, 0) is 25.8 Å². The van der Waals surface area contributed by atoms with Gasteiger partial charge in [-0.1, -0.05) is 11.6 Å². The average molecular weight is 346 g/mol. The average Bonchev–Trinajstić information content (AvgIpc) is 3.20. The summed E-state index contributed by atoms with van der Waals surface area (Å²) in [4.78, 5) is 9.71. The number of aromatic nitrogens is 3. The van der Waals surface area contributed by atoms with Crippen molar-refractivity contribution in [3.8, 4) is 0 Å². The van der Waals surface area contributed by atoms with E-state index in [0.717, 1.165) is 12.4 Å². The minimum absolute atomic E-state index is 0.0547. The largest absolute Gasteiger partial charge is 0.342 e. The molecule has 2 aromatic rings. The molecular formula is C17H22ClN6+. The Morgan fingerprint density at radius 2 is 2.38 bits per heavy atom. The molecule has 126 valence electrons. The van der Waals surface area contributed by atoms with Crippen LogP contribution in [0.15, 0.2) is 36.7 Å². The number of anilines is 2. The topological polar surface area (TPSA) is 71.7 Å². The number of pyridine rings is 1. The van der Waals surface area contributed by atoms with Gasteiger partial charge in [-0.15, -0.1) is 0 Å². The van der Waals surface area contributed by atoms with Gasteiger partial charge in [0.15, 0.2) is 5.82 Å². The predicted molar refractivity (Wildman–Crippen MR) is 97.4 cm³/mol. The first-order valence-electron chi connectivity index (χ1n) is 8.04. The van der Waals surface area contributed by atoms with Gasteiger partial charge in [0.1, 0.15) is 10.9 Å². The highest BCUT2D eigenvalue weighted by atomic mass is 35.5. The molecule has 0 bridgehead atoms. The van der Waals surface area contributed by atoms with E-state index in [1.165, 1.54) is 18.7 Å². The summed E-state index contributed by atoms with van der Waals surface area (Å²) in [7, 11) is 2.04. The van der Waals surface area contributed by atoms with Gasteiger partial charge in [-0.2, -0.15) is 0 Å². The lowest BCUT2D eigenvalue weighted by Gasteiger charge is -2.21. The number of H-pyrrole nitrogens is 1. The van der Waals surface area contributed by atoms with E-state index in [1.807, 2.05) is 19.2 Å². The Bertz CT molecular complexity index is 752. The minimum atomic E-state index is -0.0547. The molecule has 1 aliphatic rings. The van der Waals surface area contributed by atoms with Crippen molar-refractivity contribution in [1.29, 1.82) is 5.41 Å². The highest BCUT2D eigenvalue weighted by molar-refractivity contribution is 6.68. The third-order valence-corrected chi connectivity index (χ3v) is 4.45. The smallest absolute Gasteiger partial charge is 0.226 e. The molecule has 3 N–H and O–H groups in total. The van der Waals surface area contributed by atoms with Crippen LogP contribution >= 0.6 is 11.6 Å². The Balaban J connectivity index is 1.93. The zero-order chi connectivity index (χ0) is 17.1. The zero-order valence-corrected chi connectivity index (χ0v) is 14.6. The molecule has 1 unspecified atom stereocenters. The fourth-order valence-electron chi connectivity index (χ4n) is 3.10. The van der Waals surface area contributed by atoms with Crippen LogP contribution in [0.25, 0.3) is 5.70 Å². The van der Waals surface area contributed by atoms with E-state index in [2.05, 4.69) is 37.7 Å². The van der Waals surface area contributed by atoms with Crippen molar-refractivity contribution in [3.05, 3.63) is 42.5 Å². The second-order valence-electron chi connectivity index (χ2n) is 5.98. The summed E-state index contributed by atoms with van der Waals surface area (Å²) < 4.78 is 2.12. The molecule has 0 aliphatic carbocycles. The maximum Gasteiger partial charge on any atom is 0.226 e. The number of imidazole rings is 1. The van der Waals surface area contributed by atoms with Gasteiger partial charge in [0.05, 0.1) is 19.6 Å². The maximum atomic E-state index is 7.54. The second-order valence-corrected chi connectivity index (χ2v) is 6.39. The summed E-state index contributed by atoms with van der Waals surface area (Å²) in [6.45, 7) is 3.34. The number of halogens is 1. The standard InChI is InChI=1S/C17H21ClN6/c1-12-5-4-10-24(12)16-7-3-6-15(23(16)2)22-13(11-14(18)19)17-20-8-9-21-17/h3,6-9,11-12H,4-5,10H2,1-2H3,(H2,19,20,21)/p+1. The van der Waals surface area contributed by atoms with Crippen molar-refractivity contribution < 1.29 is 4.57 Å². The summed E-state index contributed by atoms with van der Waals surface area (Å²) in [5.41, 5.74) is 0.655. The first-order chi connectivity index (χ1) is 11.6. The third kappa shape index (κ3) is 3.43. The summed E-state index contributed by atoms with van der Waals surface area (Å²) in [6, 6.07) is 6.71. The molecule has 24 heavy (non-hydrogen) atoms. The first-order valence-corrected chi connectivity index (χ1v) is 8.42. The van der Waals surface area contributed by atoms with E-state index >= 15 is 0 Å². The molecule has 0 aromatic carbocycles. The molecule has 1 fully saturated rings. The van der Waals surface area contributed by atoms with Gasteiger partial charge >= 0.3 is 0 Å². The first kappa shape index (κ1) is 16.5. The van der Waals surface area contributed by atoms with Crippen molar-refractivity contribution in [2.45, 2.75) is 25.8 Å². The van der Waals surface area contributed by atoms with E-state index in [0.29, 0.717) is 17.6 Å². The molecule has 1 aliphatic heterocycles. The van der Waals surface area contributed by atoms with Crippen LogP contribution in [0.4, 0.5) is 11.6 Å². The summed E-state index contributed by atoms with van der Waals surface area (Å²) >= 11 is 5.76. The number of nitrogens with zero attached hydrogens (tertiary/aromatic N) is 3. The molecule has 0 amide bonds. The highest BCUT2D eigenvalue weighted by Crippen LogP contribution is 2.24. The van der Waals surface area contributed by atoms with Crippen molar-refractivity contribution in [2.24, 2.45) is 7.05 Å². The number of allylic oxidation sites excluding steroid dienone is 1. The van der Waals surface area contributed by atoms with Crippen LogP contribution in [0.3, 0.4) is 0 Å². The lowest BCUT2D eigenvalue weighted by molar-refractivity contribution is -0.644. The Morgan fingerprint density at radius 3 is 3.00 bits per heavy atom. The summed E-state index contributed by atoms with van der Waals surface area (Å²) in [5, 5.41) is 10.8. The van der Waals surface area contributed by atoms with Crippen LogP contribution in [0.1, 0.15) is 25.6 Å². The van der Waals surface area contributed by atoms with Crippen molar-refractivity contribution in [2.75, 3.05) is 16.8 Å². The number of rotatable bonds is 5. The molecule has 2 aromatic heterocycles. The quantitative estimate of drug-likeness (QED) is 0.576. The molecule has 1 saturated heterocycles. The Morgan fingerprint density at radius 1 is 1.54 bits per heavy atom. The van der Waals surface area contributed by atoms with Crippen LogP contribution in [0.5, 0.6) is 0 Å². The van der Waals surface area contributed by atoms with E-state index in [4.69, 9.17) is 17.0 Å². The SMILES string of the molecule is CC1CCCN1c1cccc(NC(=CC(=N)Cl)c2ncc[nH]2)[n+]1C. The van der Waals surface area contributed by atoms with Gasteiger partial charge in [0.2, 0.25) is 11.6 Å². The maximum absolute atomic E-state index is 7.54. The molecule has 0 radical (unpaired) electrons. The summed E-state index contributed by atoms with van der Waals surface area (Å²) in [5.74, 6) is 2.72. The lowest BCUT2D eigenvalue weighted by atomic mass is 10.2. The van der Waals surface area contributed by atoms with E-state index < -0.39 is 0 Å². The normalized spacial score (nSPS) is 18.0. The van der Waals surface area contributed by atoms with E-state index in [1.54, 1.807) is 18.5 Å². The van der Waals surface area contributed by atoms with Crippen LogP contribution in [0.2, 0.25) is 0 Å². The van der Waals surface area contributed by atoms with E-state index in [9.17, 15) is 0 Å². The molecule has 6 nitrogen and oxygen atoms in total. The molecule has 0 spiro atoms. The number of nitrogens with one attached hydrogen (secondary N) is 3. The van der Waals surface area contributed by atoms with Crippen LogP contribution in [-0.4, -0.2) is 27.7 Å². The van der Waals surface area contributed by atoms with E-state index in [-0.39, 0.29) is 5.17 Å². The highest BCUT2D eigenvalue weighted by Gasteiger charge is 2.28. The van der Waals surface area contributed by atoms with Gasteiger partial charge in [0.25, 0.3) is 0 Å². The predicted octanol–water partition coefficient (Wildman–Crippen LogP) is 2.89. The number of hydrogen-bond donors (Lipinski definition) is 3. The van der Waals surface area contributed by atoms with Gasteiger partial charge in [-0.25, -0.2) is 9.55 Å². The fourth-order valence-corrected chi connectivity index (χ4v) is 3.21. The number of hydrogen-bond acceptors (Lipinski definition) is 4. The fraction of sp³-hybridized carbons (Fsp3) is 0.353. The Hall–Kier alpha value is -2.34. The molecule has 3 rings (SSSR count). The monoisotopic (exact) mass is 345 g/mol. The zero-order valence-electron chi connectivity index (χ0n) is 13.9. The molecule has 3 heterocycles. The van der Waals surface area contributed by atoms with Crippen LogP contribution in [-0.2, 0) is 7.05 Å². The summed E-state index contributed by atoms with van der Waals surface area (Å²) in [6.07, 6.45) is 7.40. The Kier molecular flexibility index (Phi) is 4.85. The molecular weight excluding hydrogens is 324 g/mol. The van der Waals surface area contributed by atoms with Crippen LogP contribution < -0.4 is 14.8 Å². The molecule has 7 heteroatoms. The van der Waals surface area contributed by atoms with Crippen LogP contribution in [0, 0.1) is 5.41 Å². The van der Waals surface area contributed by atoms with Gasteiger partial charge in [0, 0.05) is 30.6 Å². The Labute approximate surface area is 146 Å². The molecule has 1 atom stereocenters. The lowest BCUT2D eigenvalue weighted by Crippen LogP contribution is -2.42. The van der Waals surface area contributed by atoms with Crippen molar-refractivity contribution in [1.82, 2.24) is 9.97 Å². The van der Waals surface area contributed by atoms with Gasteiger partial charge in [-0.3, -0.25) is 15.6 Å².